The van der Waals surface area contributed by atoms with Crippen LogP contribution in [0.4, 0.5) is 5.82 Å². The monoisotopic (exact) mass is 435 g/mol. The van der Waals surface area contributed by atoms with Gasteiger partial charge >= 0.3 is 0 Å². The molecule has 1 aromatic carbocycles. The molecule has 0 saturated carbocycles. The number of carbonyl (C=O) groups excluding carboxylic acids is 1. The summed E-state index contributed by atoms with van der Waals surface area (Å²) in [5, 5.41) is 20.1. The predicted molar refractivity (Wildman–Crippen MR) is 116 cm³/mol. The Hall–Kier alpha value is -3.60. The van der Waals surface area contributed by atoms with Crippen LogP contribution in [0, 0.1) is 0 Å². The van der Waals surface area contributed by atoms with Gasteiger partial charge in [-0.2, -0.15) is 9.78 Å². The second kappa shape index (κ2) is 8.87. The number of hydrogen-bond donors (Lipinski definition) is 2. The summed E-state index contributed by atoms with van der Waals surface area (Å²) in [6, 6.07) is 8.15. The number of aryl methyl sites for hydroxylation is 1. The van der Waals surface area contributed by atoms with Crippen LogP contribution >= 0.6 is 0 Å². The van der Waals surface area contributed by atoms with Gasteiger partial charge in [0.1, 0.15) is 0 Å². The Labute approximate surface area is 184 Å². The van der Waals surface area contributed by atoms with E-state index in [2.05, 4.69) is 42.1 Å². The number of benzene rings is 1. The lowest BCUT2D eigenvalue weighted by atomic mass is 9.90. The number of hydrogen-bond acceptors (Lipinski definition) is 9. The molecule has 0 spiro atoms. The largest absolute Gasteiger partial charge is 0.378 e. The number of amides is 1. The van der Waals surface area contributed by atoms with Crippen molar-refractivity contribution in [2.45, 2.75) is 45.1 Å². The van der Waals surface area contributed by atoms with Gasteiger partial charge in [0, 0.05) is 12.1 Å². The van der Waals surface area contributed by atoms with E-state index in [0.717, 1.165) is 56.5 Å². The van der Waals surface area contributed by atoms with Gasteiger partial charge in [0.25, 0.3) is 5.91 Å². The SMILES string of the molecule is Nc1nonc1-n1nnc(C(=O)N/N=C2\CCCc3ccccc32)c1CN1CCCCC1. The highest BCUT2D eigenvalue weighted by Gasteiger charge is 2.26. The summed E-state index contributed by atoms with van der Waals surface area (Å²) >= 11 is 0. The summed E-state index contributed by atoms with van der Waals surface area (Å²) in [4.78, 5) is 15.4. The Balaban J connectivity index is 1.43. The van der Waals surface area contributed by atoms with Gasteiger partial charge in [-0.25, -0.2) is 10.1 Å². The summed E-state index contributed by atoms with van der Waals surface area (Å²) in [5.74, 6) is -0.120. The Morgan fingerprint density at radius 1 is 1.12 bits per heavy atom. The van der Waals surface area contributed by atoms with Crippen molar-refractivity contribution >= 4 is 17.4 Å². The van der Waals surface area contributed by atoms with E-state index in [1.54, 1.807) is 0 Å². The number of fused-ring (bicyclic) bond motifs is 1. The molecule has 32 heavy (non-hydrogen) atoms. The van der Waals surface area contributed by atoms with E-state index in [-0.39, 0.29) is 17.3 Å². The highest BCUT2D eigenvalue weighted by Crippen LogP contribution is 2.22. The van der Waals surface area contributed by atoms with E-state index in [4.69, 9.17) is 10.4 Å². The van der Waals surface area contributed by atoms with Crippen LogP contribution in [-0.4, -0.2) is 54.9 Å². The first kappa shape index (κ1) is 20.3. The first-order valence-electron chi connectivity index (χ1n) is 10.9. The molecule has 0 unspecified atom stereocenters. The van der Waals surface area contributed by atoms with E-state index in [9.17, 15) is 4.79 Å². The molecule has 3 aromatic rings. The molecule has 1 amide bonds. The van der Waals surface area contributed by atoms with Crippen molar-refractivity contribution in [1.29, 1.82) is 0 Å². The topological polar surface area (TPSA) is 140 Å². The first-order valence-corrected chi connectivity index (χ1v) is 10.9. The van der Waals surface area contributed by atoms with Crippen LogP contribution in [-0.2, 0) is 13.0 Å². The lowest BCUT2D eigenvalue weighted by Crippen LogP contribution is -2.31. The maximum Gasteiger partial charge on any atom is 0.293 e. The Morgan fingerprint density at radius 3 is 2.78 bits per heavy atom. The quantitative estimate of drug-likeness (QED) is 0.577. The van der Waals surface area contributed by atoms with Crippen molar-refractivity contribution < 1.29 is 9.42 Å². The molecule has 1 aliphatic carbocycles. The number of nitrogens with two attached hydrogens (primary N) is 1. The Kier molecular flexibility index (Phi) is 5.63. The van der Waals surface area contributed by atoms with Crippen molar-refractivity contribution in [2.24, 2.45) is 5.10 Å². The molecule has 1 fully saturated rings. The summed E-state index contributed by atoms with van der Waals surface area (Å²) in [6.07, 6.45) is 6.27. The lowest BCUT2D eigenvalue weighted by molar-refractivity contribution is 0.0947. The number of rotatable bonds is 5. The molecule has 3 heterocycles. The summed E-state index contributed by atoms with van der Waals surface area (Å²) < 4.78 is 6.15. The van der Waals surface area contributed by atoms with Gasteiger partial charge in [0.2, 0.25) is 11.6 Å². The summed E-state index contributed by atoms with van der Waals surface area (Å²) in [6.45, 7) is 2.37. The Morgan fingerprint density at radius 2 is 1.97 bits per heavy atom. The molecule has 11 nitrogen and oxygen atoms in total. The molecule has 5 rings (SSSR count). The normalized spacial score (nSPS) is 17.9. The van der Waals surface area contributed by atoms with Gasteiger partial charge in [-0.15, -0.1) is 5.10 Å². The number of likely N-dealkylation sites (tertiary alicyclic amines) is 1. The molecule has 3 N–H and O–H groups in total. The van der Waals surface area contributed by atoms with E-state index in [1.165, 1.54) is 16.7 Å². The number of anilines is 1. The number of hydrazone groups is 1. The molecular formula is C21H25N9O2. The molecular weight excluding hydrogens is 410 g/mol. The van der Waals surface area contributed by atoms with Crippen molar-refractivity contribution in [3.8, 4) is 5.82 Å². The van der Waals surface area contributed by atoms with E-state index in [0.29, 0.717) is 12.2 Å². The lowest BCUT2D eigenvalue weighted by Gasteiger charge is -2.26. The number of nitrogen functional groups attached to an aromatic ring is 1. The number of carbonyl (C=O) groups is 1. The van der Waals surface area contributed by atoms with Gasteiger partial charge in [0.05, 0.1) is 11.4 Å². The van der Waals surface area contributed by atoms with Crippen molar-refractivity contribution in [3.05, 3.63) is 46.8 Å². The van der Waals surface area contributed by atoms with Crippen LogP contribution in [0.25, 0.3) is 5.82 Å². The molecule has 11 heteroatoms. The minimum absolute atomic E-state index is 0.0841. The smallest absolute Gasteiger partial charge is 0.293 e. The second-order valence-electron chi connectivity index (χ2n) is 8.12. The molecule has 2 aliphatic rings. The highest BCUT2D eigenvalue weighted by atomic mass is 16.6. The van der Waals surface area contributed by atoms with E-state index >= 15 is 0 Å². The zero-order valence-electron chi connectivity index (χ0n) is 17.7. The molecule has 0 bridgehead atoms. The maximum atomic E-state index is 13.1. The zero-order valence-corrected chi connectivity index (χ0v) is 17.7. The van der Waals surface area contributed by atoms with Crippen molar-refractivity contribution in [3.63, 3.8) is 0 Å². The minimum atomic E-state index is -0.422. The number of nitrogens with zero attached hydrogens (tertiary/aromatic N) is 7. The van der Waals surface area contributed by atoms with Crippen molar-refractivity contribution in [2.75, 3.05) is 18.8 Å². The van der Waals surface area contributed by atoms with Gasteiger partial charge < -0.3 is 5.73 Å². The number of aromatic nitrogens is 5. The standard InChI is InChI=1S/C21H25N9O2/c22-19-20(27-32-26-19)30-17(13-29-11-4-1-5-12-29)18(24-28-30)21(31)25-23-16-10-6-8-14-7-2-3-9-15(14)16/h2-3,7,9H,1,4-6,8,10-13H2,(H2,22,26)(H,25,31)/b23-16+. The zero-order chi connectivity index (χ0) is 21.9. The molecule has 1 aliphatic heterocycles. The third-order valence-electron chi connectivity index (χ3n) is 5.98. The minimum Gasteiger partial charge on any atom is -0.378 e. The van der Waals surface area contributed by atoms with Gasteiger partial charge in [-0.3, -0.25) is 9.69 Å². The van der Waals surface area contributed by atoms with Gasteiger partial charge in [-0.1, -0.05) is 35.9 Å². The fourth-order valence-electron chi connectivity index (χ4n) is 4.35. The summed E-state index contributed by atoms with van der Waals surface area (Å²) in [7, 11) is 0. The molecule has 2 aromatic heterocycles. The van der Waals surface area contributed by atoms with Crippen LogP contribution in [0.15, 0.2) is 34.0 Å². The first-order chi connectivity index (χ1) is 15.7. The van der Waals surface area contributed by atoms with Crippen LogP contribution in [0.3, 0.4) is 0 Å². The average Bonchev–Trinajstić information content (AvgIpc) is 3.43. The van der Waals surface area contributed by atoms with Crippen LogP contribution < -0.4 is 11.2 Å². The maximum absolute atomic E-state index is 13.1. The summed E-state index contributed by atoms with van der Waals surface area (Å²) in [5.41, 5.74) is 12.5. The average molecular weight is 435 g/mol. The molecule has 1 saturated heterocycles. The van der Waals surface area contributed by atoms with Crippen LogP contribution in [0.1, 0.15) is 59.4 Å². The van der Waals surface area contributed by atoms with E-state index in [1.807, 2.05) is 18.2 Å². The van der Waals surface area contributed by atoms with Gasteiger partial charge in [0.15, 0.2) is 5.69 Å². The fraction of sp³-hybridized carbons (Fsp3) is 0.429. The second-order valence-corrected chi connectivity index (χ2v) is 8.12. The van der Waals surface area contributed by atoms with E-state index < -0.39 is 5.91 Å². The third-order valence-corrected chi connectivity index (χ3v) is 5.98. The van der Waals surface area contributed by atoms with Gasteiger partial charge in [-0.05, 0) is 61.1 Å². The third kappa shape index (κ3) is 3.98. The predicted octanol–water partition coefficient (Wildman–Crippen LogP) is 1.69. The Bertz CT molecular complexity index is 1140. The van der Waals surface area contributed by atoms with Crippen molar-refractivity contribution in [1.82, 2.24) is 35.6 Å². The molecule has 166 valence electrons. The molecule has 0 radical (unpaired) electrons. The number of nitrogens with one attached hydrogen (secondary N) is 1. The fourth-order valence-corrected chi connectivity index (χ4v) is 4.35. The van der Waals surface area contributed by atoms with Crippen LogP contribution in [0.5, 0.6) is 0 Å². The number of piperidine rings is 1. The van der Waals surface area contributed by atoms with Crippen LogP contribution in [0.2, 0.25) is 0 Å². The molecule has 0 atom stereocenters. The highest BCUT2D eigenvalue weighted by molar-refractivity contribution is 6.03.